The fraction of sp³-hybridized carbons (Fsp3) is 0.111. The van der Waals surface area contributed by atoms with Crippen molar-refractivity contribution in [2.75, 3.05) is 0 Å². The highest BCUT2D eigenvalue weighted by atomic mass is 16.4. The number of nitrogens with one attached hydrogen (secondary N) is 1. The molecule has 2 N–H and O–H groups in total. The molecule has 1 amide bonds. The van der Waals surface area contributed by atoms with E-state index in [1.165, 1.54) is 6.08 Å². The van der Waals surface area contributed by atoms with Crippen molar-refractivity contribution >= 4 is 18.0 Å². The minimum absolute atomic E-state index is 0.150. The van der Waals surface area contributed by atoms with Crippen molar-refractivity contribution in [3.05, 3.63) is 76.5 Å². The predicted molar refractivity (Wildman–Crippen MR) is 85.4 cm³/mol. The Morgan fingerprint density at radius 3 is 2.36 bits per heavy atom. The fourth-order valence-corrected chi connectivity index (χ4v) is 2.01. The van der Waals surface area contributed by atoms with E-state index in [0.29, 0.717) is 5.56 Å². The molecule has 2 aromatic rings. The van der Waals surface area contributed by atoms with Gasteiger partial charge >= 0.3 is 5.97 Å². The number of hydrogen-bond donors (Lipinski definition) is 2. The van der Waals surface area contributed by atoms with E-state index in [2.05, 4.69) is 5.32 Å². The third kappa shape index (κ3) is 3.82. The normalized spacial score (nSPS) is 11.1. The molecule has 0 aliphatic heterocycles. The Bertz CT molecular complexity index is 733. The first-order valence-electron chi connectivity index (χ1n) is 6.86. The number of aliphatic carboxylic acids is 1. The maximum absolute atomic E-state index is 12.1. The Morgan fingerprint density at radius 2 is 1.73 bits per heavy atom. The summed E-state index contributed by atoms with van der Waals surface area (Å²) in [5, 5.41) is 11.8. The van der Waals surface area contributed by atoms with Gasteiger partial charge in [-0.1, -0.05) is 42.0 Å². The Morgan fingerprint density at radius 1 is 1.05 bits per heavy atom. The third-order valence-electron chi connectivity index (χ3n) is 3.25. The van der Waals surface area contributed by atoms with Crippen LogP contribution in [0.25, 0.3) is 6.08 Å². The summed E-state index contributed by atoms with van der Waals surface area (Å²) in [6.07, 6.45) is 1.48. The molecule has 0 saturated carbocycles. The van der Waals surface area contributed by atoms with Gasteiger partial charge < -0.3 is 10.4 Å². The quantitative estimate of drug-likeness (QED) is 0.851. The van der Waals surface area contributed by atoms with Gasteiger partial charge in [-0.25, -0.2) is 4.79 Å². The van der Waals surface area contributed by atoms with Gasteiger partial charge in [-0.2, -0.15) is 0 Å². The number of carbonyl (C=O) groups is 2. The molecule has 0 saturated heterocycles. The molecule has 0 aliphatic rings. The molecule has 0 fully saturated rings. The Hall–Kier alpha value is -2.88. The Kier molecular flexibility index (Phi) is 4.73. The summed E-state index contributed by atoms with van der Waals surface area (Å²) >= 11 is 0. The van der Waals surface area contributed by atoms with Gasteiger partial charge in [-0.15, -0.1) is 0 Å². The molecular weight excluding hydrogens is 278 g/mol. The molecule has 0 bridgehead atoms. The molecule has 0 atom stereocenters. The molecule has 0 unspecified atom stereocenters. The van der Waals surface area contributed by atoms with Crippen LogP contribution in [-0.2, 0) is 4.79 Å². The number of amides is 1. The molecular formula is C18H17NO3. The number of carbonyl (C=O) groups excluding carboxylic acids is 1. The molecule has 0 spiro atoms. The van der Waals surface area contributed by atoms with Crippen molar-refractivity contribution in [3.8, 4) is 0 Å². The van der Waals surface area contributed by atoms with Crippen LogP contribution in [0.5, 0.6) is 0 Å². The van der Waals surface area contributed by atoms with Crippen LogP contribution in [0, 0.1) is 13.8 Å². The lowest BCUT2D eigenvalue weighted by Gasteiger charge is -2.08. The first-order valence-corrected chi connectivity index (χ1v) is 6.86. The molecule has 2 aromatic carbocycles. The second kappa shape index (κ2) is 6.72. The number of benzene rings is 2. The summed E-state index contributed by atoms with van der Waals surface area (Å²) in [5.74, 6) is -1.62. The fourth-order valence-electron chi connectivity index (χ4n) is 2.01. The lowest BCUT2D eigenvalue weighted by molar-refractivity contribution is -0.132. The van der Waals surface area contributed by atoms with Gasteiger partial charge in [0.2, 0.25) is 0 Å². The van der Waals surface area contributed by atoms with Crippen LogP contribution in [0.4, 0.5) is 0 Å². The maximum atomic E-state index is 12.1. The van der Waals surface area contributed by atoms with E-state index >= 15 is 0 Å². The van der Waals surface area contributed by atoms with Crippen LogP contribution < -0.4 is 5.32 Å². The van der Waals surface area contributed by atoms with Gasteiger partial charge in [-0.3, -0.25) is 4.79 Å². The van der Waals surface area contributed by atoms with E-state index in [1.54, 1.807) is 30.3 Å². The van der Waals surface area contributed by atoms with Crippen LogP contribution in [-0.4, -0.2) is 17.0 Å². The van der Waals surface area contributed by atoms with Gasteiger partial charge in [-0.05, 0) is 43.2 Å². The smallest absolute Gasteiger partial charge is 0.352 e. The Labute approximate surface area is 129 Å². The standard InChI is InChI=1S/C18H17NO3/c1-12-8-9-13(2)15(10-12)11-16(18(21)22)19-17(20)14-6-4-3-5-7-14/h3-11H,1-2H3,(H,19,20)(H,21,22). The van der Waals surface area contributed by atoms with Gasteiger partial charge in [0.05, 0.1) is 0 Å². The molecule has 2 rings (SSSR count). The summed E-state index contributed by atoms with van der Waals surface area (Å²) in [4.78, 5) is 23.5. The van der Waals surface area contributed by atoms with E-state index in [9.17, 15) is 14.7 Å². The van der Waals surface area contributed by atoms with Gasteiger partial charge in [0, 0.05) is 5.56 Å². The van der Waals surface area contributed by atoms with Crippen molar-refractivity contribution in [2.45, 2.75) is 13.8 Å². The predicted octanol–water partition coefficient (Wildman–Crippen LogP) is 3.16. The summed E-state index contributed by atoms with van der Waals surface area (Å²) in [7, 11) is 0. The number of hydrogen-bond acceptors (Lipinski definition) is 2. The SMILES string of the molecule is Cc1ccc(C)c(C=C(NC(=O)c2ccccc2)C(=O)O)c1. The topological polar surface area (TPSA) is 66.4 Å². The molecule has 112 valence electrons. The summed E-state index contributed by atoms with van der Waals surface area (Å²) in [5.41, 5.74) is 3.00. The van der Waals surface area contributed by atoms with Crippen molar-refractivity contribution in [3.63, 3.8) is 0 Å². The number of rotatable bonds is 4. The van der Waals surface area contributed by atoms with E-state index in [1.807, 2.05) is 32.0 Å². The average Bonchev–Trinajstić information content (AvgIpc) is 2.50. The van der Waals surface area contributed by atoms with Crippen molar-refractivity contribution in [1.29, 1.82) is 0 Å². The molecule has 0 radical (unpaired) electrons. The van der Waals surface area contributed by atoms with Crippen LogP contribution in [0.3, 0.4) is 0 Å². The summed E-state index contributed by atoms with van der Waals surface area (Å²) < 4.78 is 0. The largest absolute Gasteiger partial charge is 0.477 e. The summed E-state index contributed by atoms with van der Waals surface area (Å²) in [6.45, 7) is 3.82. The van der Waals surface area contributed by atoms with E-state index < -0.39 is 11.9 Å². The van der Waals surface area contributed by atoms with Crippen LogP contribution in [0.2, 0.25) is 0 Å². The first kappa shape index (κ1) is 15.5. The molecule has 0 aliphatic carbocycles. The maximum Gasteiger partial charge on any atom is 0.352 e. The molecule has 22 heavy (non-hydrogen) atoms. The third-order valence-corrected chi connectivity index (χ3v) is 3.25. The van der Waals surface area contributed by atoms with Crippen LogP contribution in [0.1, 0.15) is 27.0 Å². The van der Waals surface area contributed by atoms with Gasteiger partial charge in [0.15, 0.2) is 0 Å². The van der Waals surface area contributed by atoms with Gasteiger partial charge in [0.1, 0.15) is 5.70 Å². The van der Waals surface area contributed by atoms with Crippen molar-refractivity contribution < 1.29 is 14.7 Å². The second-order valence-corrected chi connectivity index (χ2v) is 5.04. The van der Waals surface area contributed by atoms with E-state index in [0.717, 1.165) is 16.7 Å². The zero-order chi connectivity index (χ0) is 16.1. The van der Waals surface area contributed by atoms with Crippen LogP contribution in [0.15, 0.2) is 54.2 Å². The minimum Gasteiger partial charge on any atom is -0.477 e. The highest BCUT2D eigenvalue weighted by Gasteiger charge is 2.13. The number of carboxylic acids is 1. The highest BCUT2D eigenvalue weighted by molar-refractivity contribution is 6.02. The molecule has 4 heteroatoms. The number of aryl methyl sites for hydroxylation is 2. The van der Waals surface area contributed by atoms with Crippen molar-refractivity contribution in [2.24, 2.45) is 0 Å². The van der Waals surface area contributed by atoms with Crippen LogP contribution >= 0.6 is 0 Å². The first-order chi connectivity index (χ1) is 10.5. The molecule has 0 heterocycles. The average molecular weight is 295 g/mol. The van der Waals surface area contributed by atoms with E-state index in [4.69, 9.17) is 0 Å². The zero-order valence-electron chi connectivity index (χ0n) is 12.5. The Balaban J connectivity index is 2.31. The van der Waals surface area contributed by atoms with Gasteiger partial charge in [0.25, 0.3) is 5.91 Å². The molecule has 0 aromatic heterocycles. The lowest BCUT2D eigenvalue weighted by Crippen LogP contribution is -2.27. The second-order valence-electron chi connectivity index (χ2n) is 5.04. The zero-order valence-corrected chi connectivity index (χ0v) is 12.5. The minimum atomic E-state index is -1.18. The lowest BCUT2D eigenvalue weighted by atomic mass is 10.0. The monoisotopic (exact) mass is 295 g/mol. The number of carboxylic acid groups (broad SMARTS) is 1. The summed E-state index contributed by atoms with van der Waals surface area (Å²) in [6, 6.07) is 14.3. The van der Waals surface area contributed by atoms with Crippen molar-refractivity contribution in [1.82, 2.24) is 5.32 Å². The molecule has 4 nitrogen and oxygen atoms in total. The van der Waals surface area contributed by atoms with E-state index in [-0.39, 0.29) is 5.70 Å². The highest BCUT2D eigenvalue weighted by Crippen LogP contribution is 2.14.